The molecule has 0 fully saturated rings. The summed E-state index contributed by atoms with van der Waals surface area (Å²) in [7, 11) is 0. The topological polar surface area (TPSA) is 21.3 Å². The van der Waals surface area contributed by atoms with Crippen LogP contribution in [0.5, 0.6) is 5.75 Å². The highest BCUT2D eigenvalue weighted by atomic mass is 16.5. The van der Waals surface area contributed by atoms with Crippen LogP contribution in [0.1, 0.15) is 45.2 Å². The molecule has 0 spiro atoms. The fraction of sp³-hybridized carbons (Fsp3) is 0.529. The van der Waals surface area contributed by atoms with Crippen molar-refractivity contribution in [2.75, 3.05) is 6.61 Å². The molecule has 104 valence electrons. The molecule has 1 aliphatic rings. The van der Waals surface area contributed by atoms with Gasteiger partial charge in [0.1, 0.15) is 5.75 Å². The average Bonchev–Trinajstić information content (AvgIpc) is 2.89. The van der Waals surface area contributed by atoms with Crippen molar-refractivity contribution in [1.82, 2.24) is 5.32 Å². The van der Waals surface area contributed by atoms with E-state index in [4.69, 9.17) is 4.74 Å². The fourth-order valence-electron chi connectivity index (χ4n) is 2.32. The zero-order valence-electron chi connectivity index (χ0n) is 12.2. The first kappa shape index (κ1) is 14.1. The molecule has 1 aliphatic carbocycles. The Kier molecular flexibility index (Phi) is 5.03. The summed E-state index contributed by atoms with van der Waals surface area (Å²) in [6.07, 6.45) is 6.82. The van der Waals surface area contributed by atoms with Gasteiger partial charge >= 0.3 is 0 Å². The molecule has 0 amide bonds. The first-order valence-electron chi connectivity index (χ1n) is 7.29. The average molecular weight is 259 g/mol. The highest BCUT2D eigenvalue weighted by molar-refractivity contribution is 5.29. The lowest BCUT2D eigenvalue weighted by atomic mass is 10.1. The zero-order chi connectivity index (χ0) is 13.7. The van der Waals surface area contributed by atoms with E-state index < -0.39 is 0 Å². The maximum Gasteiger partial charge on any atom is 0.119 e. The summed E-state index contributed by atoms with van der Waals surface area (Å²) < 4.78 is 5.71. The smallest absolute Gasteiger partial charge is 0.119 e. The summed E-state index contributed by atoms with van der Waals surface area (Å²) in [5.41, 5.74) is 1.32. The van der Waals surface area contributed by atoms with Crippen LogP contribution >= 0.6 is 0 Å². The van der Waals surface area contributed by atoms with Gasteiger partial charge in [-0.1, -0.05) is 38.1 Å². The third-order valence-corrected chi connectivity index (χ3v) is 3.46. The Hall–Kier alpha value is -1.28. The summed E-state index contributed by atoms with van der Waals surface area (Å²) in [6.45, 7) is 7.33. The molecule has 1 unspecified atom stereocenters. The molecule has 1 aromatic carbocycles. The van der Waals surface area contributed by atoms with E-state index >= 15 is 0 Å². The summed E-state index contributed by atoms with van der Waals surface area (Å²) in [5.74, 6) is 1.53. The molecule has 19 heavy (non-hydrogen) atoms. The minimum absolute atomic E-state index is 0.393. The monoisotopic (exact) mass is 259 g/mol. The van der Waals surface area contributed by atoms with Crippen molar-refractivity contribution in [3.63, 3.8) is 0 Å². The van der Waals surface area contributed by atoms with Crippen molar-refractivity contribution in [2.45, 2.75) is 45.7 Å². The van der Waals surface area contributed by atoms with Gasteiger partial charge in [0.15, 0.2) is 0 Å². The Labute approximate surface area is 116 Å². The van der Waals surface area contributed by atoms with Crippen LogP contribution in [0.25, 0.3) is 0 Å². The molecule has 2 rings (SSSR count). The van der Waals surface area contributed by atoms with E-state index in [1.54, 1.807) is 0 Å². The minimum atomic E-state index is 0.393. The number of rotatable bonds is 6. The summed E-state index contributed by atoms with van der Waals surface area (Å²) >= 11 is 0. The van der Waals surface area contributed by atoms with Crippen molar-refractivity contribution < 1.29 is 4.74 Å². The molecule has 0 saturated heterocycles. The van der Waals surface area contributed by atoms with E-state index in [2.05, 4.69) is 62.5 Å². The predicted octanol–water partition coefficient (Wildman–Crippen LogP) is 4.09. The van der Waals surface area contributed by atoms with E-state index in [1.807, 2.05) is 0 Å². The Balaban J connectivity index is 1.86. The highest BCUT2D eigenvalue weighted by Gasteiger charge is 2.14. The van der Waals surface area contributed by atoms with Gasteiger partial charge in [-0.05, 0) is 43.4 Å². The lowest BCUT2D eigenvalue weighted by molar-refractivity contribution is 0.271. The van der Waals surface area contributed by atoms with Crippen molar-refractivity contribution >= 4 is 0 Å². The van der Waals surface area contributed by atoms with Crippen LogP contribution < -0.4 is 10.1 Å². The molecule has 1 aromatic rings. The third-order valence-electron chi connectivity index (χ3n) is 3.46. The lowest BCUT2D eigenvalue weighted by Gasteiger charge is -2.20. The van der Waals surface area contributed by atoms with Gasteiger partial charge in [-0.25, -0.2) is 0 Å². The number of hydrogen-bond acceptors (Lipinski definition) is 2. The second kappa shape index (κ2) is 6.76. The predicted molar refractivity (Wildman–Crippen MR) is 80.5 cm³/mol. The quantitative estimate of drug-likeness (QED) is 0.777. The Bertz CT molecular complexity index is 400. The molecular formula is C17H25NO. The second-order valence-corrected chi connectivity index (χ2v) is 5.80. The largest absolute Gasteiger partial charge is 0.493 e. The molecule has 0 radical (unpaired) electrons. The van der Waals surface area contributed by atoms with Crippen LogP contribution in [-0.2, 0) is 0 Å². The molecular weight excluding hydrogens is 234 g/mol. The van der Waals surface area contributed by atoms with Crippen molar-refractivity contribution in [2.24, 2.45) is 5.92 Å². The van der Waals surface area contributed by atoms with E-state index in [0.29, 0.717) is 18.0 Å². The van der Waals surface area contributed by atoms with E-state index in [-0.39, 0.29) is 0 Å². The van der Waals surface area contributed by atoms with E-state index in [9.17, 15) is 0 Å². The van der Waals surface area contributed by atoms with Crippen molar-refractivity contribution in [3.05, 3.63) is 42.0 Å². The van der Waals surface area contributed by atoms with Crippen LogP contribution in [0.15, 0.2) is 36.4 Å². The first-order chi connectivity index (χ1) is 9.15. The zero-order valence-corrected chi connectivity index (χ0v) is 12.2. The van der Waals surface area contributed by atoms with Crippen molar-refractivity contribution in [1.29, 1.82) is 0 Å². The lowest BCUT2D eigenvalue weighted by Crippen LogP contribution is -2.29. The normalized spacial score (nSPS) is 17.1. The van der Waals surface area contributed by atoms with Crippen molar-refractivity contribution in [3.8, 4) is 5.75 Å². The van der Waals surface area contributed by atoms with Gasteiger partial charge in [-0.15, -0.1) is 0 Å². The Morgan fingerprint density at radius 1 is 1.11 bits per heavy atom. The fourth-order valence-corrected chi connectivity index (χ4v) is 2.32. The van der Waals surface area contributed by atoms with Gasteiger partial charge in [0.25, 0.3) is 0 Å². The standard InChI is InChI=1S/C17H25NO/c1-13(2)12-19-17-10-8-15(9-11-17)14(3)18-16-6-4-5-7-16/h4-5,8-11,13-14,16,18H,6-7,12H2,1-3H3. The van der Waals surface area contributed by atoms with Gasteiger partial charge in [-0.3, -0.25) is 0 Å². The molecule has 0 aromatic heterocycles. The van der Waals surface area contributed by atoms with E-state index in [1.165, 1.54) is 5.56 Å². The molecule has 1 atom stereocenters. The van der Waals surface area contributed by atoms with Crippen LogP contribution in [0.2, 0.25) is 0 Å². The highest BCUT2D eigenvalue weighted by Crippen LogP contribution is 2.20. The molecule has 0 bridgehead atoms. The van der Waals surface area contributed by atoms with Gasteiger partial charge in [0.05, 0.1) is 6.61 Å². The molecule has 0 saturated carbocycles. The van der Waals surface area contributed by atoms with Crippen LogP contribution in [0.4, 0.5) is 0 Å². The molecule has 2 nitrogen and oxygen atoms in total. The molecule has 1 N–H and O–H groups in total. The van der Waals surface area contributed by atoms with Gasteiger partial charge in [0.2, 0.25) is 0 Å². The second-order valence-electron chi connectivity index (χ2n) is 5.80. The summed E-state index contributed by atoms with van der Waals surface area (Å²) in [6, 6.07) is 9.47. The maximum atomic E-state index is 5.71. The van der Waals surface area contributed by atoms with Gasteiger partial charge in [-0.2, -0.15) is 0 Å². The molecule has 2 heteroatoms. The number of benzene rings is 1. The number of nitrogens with one attached hydrogen (secondary N) is 1. The maximum absolute atomic E-state index is 5.71. The molecule has 0 heterocycles. The number of ether oxygens (including phenoxy) is 1. The third kappa shape index (κ3) is 4.39. The van der Waals surface area contributed by atoms with Crippen LogP contribution in [0.3, 0.4) is 0 Å². The summed E-state index contributed by atoms with van der Waals surface area (Å²) in [4.78, 5) is 0. The Morgan fingerprint density at radius 2 is 1.74 bits per heavy atom. The summed E-state index contributed by atoms with van der Waals surface area (Å²) in [5, 5.41) is 3.66. The van der Waals surface area contributed by atoms with Crippen LogP contribution in [0, 0.1) is 5.92 Å². The SMILES string of the molecule is CC(C)COc1ccc(C(C)NC2CC=CC2)cc1. The van der Waals surface area contributed by atoms with Crippen LogP contribution in [-0.4, -0.2) is 12.6 Å². The van der Waals surface area contributed by atoms with E-state index in [0.717, 1.165) is 25.2 Å². The number of hydrogen-bond donors (Lipinski definition) is 1. The molecule has 0 aliphatic heterocycles. The Morgan fingerprint density at radius 3 is 2.32 bits per heavy atom. The van der Waals surface area contributed by atoms with Gasteiger partial charge in [0, 0.05) is 12.1 Å². The first-order valence-corrected chi connectivity index (χ1v) is 7.29. The van der Waals surface area contributed by atoms with Gasteiger partial charge < -0.3 is 10.1 Å². The minimum Gasteiger partial charge on any atom is -0.493 e.